The lowest BCUT2D eigenvalue weighted by Gasteiger charge is -2.01. The molecule has 0 aromatic rings. The molecule has 0 amide bonds. The van der Waals surface area contributed by atoms with Crippen molar-refractivity contribution in [2.24, 2.45) is 0 Å². The van der Waals surface area contributed by atoms with Crippen molar-refractivity contribution in [1.82, 2.24) is 4.57 Å². The van der Waals surface area contributed by atoms with Gasteiger partial charge in [0.25, 0.3) is 5.56 Å². The van der Waals surface area contributed by atoms with Crippen LogP contribution in [0.15, 0.2) is 35.1 Å². The summed E-state index contributed by atoms with van der Waals surface area (Å²) in [6.07, 6.45) is 0. The molecule has 0 saturated carbocycles. The summed E-state index contributed by atoms with van der Waals surface area (Å²) >= 11 is 0. The first-order chi connectivity index (χ1) is 9.56. The molecule has 1 heterocycles. The summed E-state index contributed by atoms with van der Waals surface area (Å²) in [7, 11) is 0. The Morgan fingerprint density at radius 3 is 2.60 bits per heavy atom. The third-order valence-electron chi connectivity index (χ3n) is 2.81. The minimum atomic E-state index is -1.15. The van der Waals surface area contributed by atoms with Crippen LogP contribution in [0.5, 0.6) is 0 Å². The highest BCUT2D eigenvalue weighted by atomic mass is 16.5. The summed E-state index contributed by atoms with van der Waals surface area (Å²) in [6, 6.07) is 8.28. The van der Waals surface area contributed by atoms with Gasteiger partial charge in [0, 0.05) is 5.56 Å². The number of esters is 1. The minimum Gasteiger partial charge on any atom is -0.480 e. The fourth-order valence-corrected chi connectivity index (χ4v) is 2.04. The molecular formula is C14H13NO5. The molecule has 2 rings (SSSR count). The van der Waals surface area contributed by atoms with Crippen LogP contribution < -0.4 is 5.56 Å². The molecule has 0 spiro atoms. The number of carboxylic acid groups (broad SMARTS) is 1. The van der Waals surface area contributed by atoms with Gasteiger partial charge in [-0.3, -0.25) is 14.2 Å². The Bertz CT molecular complexity index is 688. The molecule has 0 saturated heterocycles. The number of nitrogens with zero attached hydrogens (tertiary/aromatic N) is 1. The average molecular weight is 275 g/mol. The second kappa shape index (κ2) is 5.56. The van der Waals surface area contributed by atoms with E-state index in [0.717, 1.165) is 4.57 Å². The molecule has 20 heavy (non-hydrogen) atoms. The zero-order valence-corrected chi connectivity index (χ0v) is 10.8. The van der Waals surface area contributed by atoms with Crippen LogP contribution in [0.25, 0.3) is 11.3 Å². The molecular weight excluding hydrogens is 262 g/mol. The van der Waals surface area contributed by atoms with Crippen molar-refractivity contribution in [3.05, 3.63) is 46.2 Å². The predicted octanol–water partition coefficient (Wildman–Crippen LogP) is 1.21. The second-order valence-corrected chi connectivity index (χ2v) is 4.09. The first-order valence-electron chi connectivity index (χ1n) is 6.06. The van der Waals surface area contributed by atoms with Gasteiger partial charge in [-0.25, -0.2) is 4.79 Å². The van der Waals surface area contributed by atoms with E-state index in [1.165, 1.54) is 0 Å². The van der Waals surface area contributed by atoms with Gasteiger partial charge in [-0.05, 0) is 13.0 Å². The molecule has 0 unspecified atom stereocenters. The van der Waals surface area contributed by atoms with Crippen molar-refractivity contribution in [2.75, 3.05) is 6.61 Å². The van der Waals surface area contributed by atoms with Crippen molar-refractivity contribution in [2.45, 2.75) is 13.5 Å². The van der Waals surface area contributed by atoms with E-state index >= 15 is 0 Å². The van der Waals surface area contributed by atoms with Gasteiger partial charge in [-0.1, -0.05) is 24.3 Å². The molecule has 1 aliphatic heterocycles. The van der Waals surface area contributed by atoms with Gasteiger partial charge >= 0.3 is 11.9 Å². The average Bonchev–Trinajstić information content (AvgIpc) is 2.56. The van der Waals surface area contributed by atoms with Crippen molar-refractivity contribution in [1.29, 1.82) is 0 Å². The highest BCUT2D eigenvalue weighted by Gasteiger charge is 2.26. The van der Waals surface area contributed by atoms with Crippen molar-refractivity contribution in [3.63, 3.8) is 0 Å². The van der Waals surface area contributed by atoms with Crippen LogP contribution in [-0.2, 0) is 16.1 Å². The Labute approximate surface area is 114 Å². The summed E-state index contributed by atoms with van der Waals surface area (Å²) in [6.45, 7) is 1.28. The molecule has 6 nitrogen and oxygen atoms in total. The number of aromatic nitrogens is 1. The molecule has 0 fully saturated rings. The highest BCUT2D eigenvalue weighted by Crippen LogP contribution is 2.24. The number of fused-ring (bicyclic) bond motifs is 1. The topological polar surface area (TPSA) is 85.6 Å². The maximum absolute atomic E-state index is 12.2. The van der Waals surface area contributed by atoms with Crippen LogP contribution >= 0.6 is 0 Å². The van der Waals surface area contributed by atoms with Gasteiger partial charge in [-0.2, -0.15) is 0 Å². The van der Waals surface area contributed by atoms with Gasteiger partial charge in [0.1, 0.15) is 12.1 Å². The first-order valence-corrected chi connectivity index (χ1v) is 6.06. The highest BCUT2D eigenvalue weighted by molar-refractivity contribution is 5.97. The van der Waals surface area contributed by atoms with Crippen molar-refractivity contribution in [3.8, 4) is 11.3 Å². The van der Waals surface area contributed by atoms with Gasteiger partial charge in [0.15, 0.2) is 0 Å². The summed E-state index contributed by atoms with van der Waals surface area (Å²) in [5.74, 6) is -1.89. The zero-order chi connectivity index (χ0) is 14.7. The Morgan fingerprint density at radius 1 is 1.25 bits per heavy atom. The number of rotatable bonds is 4. The number of carboxylic acids is 1. The number of ether oxygens (including phenoxy) is 1. The molecule has 2 aliphatic rings. The third kappa shape index (κ3) is 2.40. The number of carbonyl (C=O) groups is 2. The van der Waals surface area contributed by atoms with E-state index in [4.69, 9.17) is 9.84 Å². The van der Waals surface area contributed by atoms with Gasteiger partial charge in [-0.15, -0.1) is 0 Å². The van der Waals surface area contributed by atoms with E-state index in [1.807, 2.05) is 0 Å². The number of hydrogen-bond donors (Lipinski definition) is 1. The molecule has 104 valence electrons. The fourth-order valence-electron chi connectivity index (χ4n) is 2.04. The Morgan fingerprint density at radius 2 is 1.95 bits per heavy atom. The normalized spacial score (nSPS) is 10.4. The quantitative estimate of drug-likeness (QED) is 0.848. The number of hydrogen-bond acceptors (Lipinski definition) is 4. The second-order valence-electron chi connectivity index (χ2n) is 4.09. The van der Waals surface area contributed by atoms with E-state index in [0.29, 0.717) is 11.3 Å². The Hall–Kier alpha value is -2.63. The smallest absolute Gasteiger partial charge is 0.344 e. The molecule has 0 aromatic carbocycles. The summed E-state index contributed by atoms with van der Waals surface area (Å²) in [5.41, 5.74) is 0.0107. The van der Waals surface area contributed by atoms with E-state index in [-0.39, 0.29) is 12.2 Å². The van der Waals surface area contributed by atoms with Gasteiger partial charge in [0.2, 0.25) is 0 Å². The molecule has 0 bridgehead atoms. The van der Waals surface area contributed by atoms with E-state index in [1.54, 1.807) is 37.3 Å². The summed E-state index contributed by atoms with van der Waals surface area (Å²) in [4.78, 5) is 35.0. The molecule has 0 radical (unpaired) electrons. The zero-order valence-electron chi connectivity index (χ0n) is 10.8. The van der Waals surface area contributed by atoms with Crippen LogP contribution in [0, 0.1) is 0 Å². The lowest BCUT2D eigenvalue weighted by Crippen LogP contribution is -2.24. The van der Waals surface area contributed by atoms with Crippen LogP contribution in [0.4, 0.5) is 0 Å². The molecule has 6 heteroatoms. The van der Waals surface area contributed by atoms with Crippen molar-refractivity contribution < 1.29 is 19.4 Å². The van der Waals surface area contributed by atoms with Crippen LogP contribution in [-0.4, -0.2) is 28.2 Å². The number of aliphatic carboxylic acids is 1. The van der Waals surface area contributed by atoms with Crippen LogP contribution in [0.3, 0.4) is 0 Å². The molecule has 1 N–H and O–H groups in total. The Balaban J connectivity index is 2.70. The van der Waals surface area contributed by atoms with E-state index < -0.39 is 24.0 Å². The SMILES string of the molecule is CCOC(=O)c1c2cccccc-2n(CC(=O)O)c1=O. The monoisotopic (exact) mass is 275 g/mol. The lowest BCUT2D eigenvalue weighted by atomic mass is 10.1. The van der Waals surface area contributed by atoms with Crippen LogP contribution in [0.2, 0.25) is 0 Å². The molecule has 0 aromatic heterocycles. The standard InChI is InChI=1S/C14H13NO5/c1-2-20-14(19)12-9-6-4-3-5-7-10(9)15(13(12)18)8-11(16)17/h3-7H,2,8H2,1H3,(H,16,17). The minimum absolute atomic E-state index is 0.126. The number of carbonyl (C=O) groups excluding carboxylic acids is 1. The predicted molar refractivity (Wildman–Crippen MR) is 70.9 cm³/mol. The van der Waals surface area contributed by atoms with Crippen LogP contribution in [0.1, 0.15) is 17.3 Å². The van der Waals surface area contributed by atoms with Gasteiger partial charge in [0.05, 0.1) is 12.3 Å². The summed E-state index contributed by atoms with van der Waals surface area (Å²) < 4.78 is 5.93. The lowest BCUT2D eigenvalue weighted by molar-refractivity contribution is -0.137. The molecule has 0 atom stereocenters. The van der Waals surface area contributed by atoms with E-state index in [9.17, 15) is 14.4 Å². The largest absolute Gasteiger partial charge is 0.480 e. The Kier molecular flexibility index (Phi) is 3.84. The molecule has 1 aliphatic carbocycles. The van der Waals surface area contributed by atoms with Gasteiger partial charge < -0.3 is 9.84 Å². The van der Waals surface area contributed by atoms with E-state index in [2.05, 4.69) is 0 Å². The maximum atomic E-state index is 12.2. The van der Waals surface area contributed by atoms with Crippen molar-refractivity contribution >= 4 is 11.9 Å². The maximum Gasteiger partial charge on any atom is 0.344 e. The summed E-state index contributed by atoms with van der Waals surface area (Å²) in [5, 5.41) is 8.89. The fraction of sp³-hybridized carbons (Fsp3) is 0.214. The third-order valence-corrected chi connectivity index (χ3v) is 2.81. The first kappa shape index (κ1) is 13.8.